The first kappa shape index (κ1) is 16.2. The number of esters is 1. The highest BCUT2D eigenvalue weighted by Crippen LogP contribution is 2.19. The van der Waals surface area contributed by atoms with Gasteiger partial charge in [0.15, 0.2) is 11.3 Å². The Bertz CT molecular complexity index is 882. The minimum atomic E-state index is -0.530. The first-order valence-electron chi connectivity index (χ1n) is 7.10. The fourth-order valence-electron chi connectivity index (χ4n) is 1.96. The lowest BCUT2D eigenvalue weighted by Gasteiger charge is -1.97. The van der Waals surface area contributed by atoms with Crippen molar-refractivity contribution in [2.24, 2.45) is 0 Å². The molecule has 0 saturated heterocycles. The predicted octanol–water partition coefficient (Wildman–Crippen LogP) is 4.16. The van der Waals surface area contributed by atoms with Crippen LogP contribution in [0.4, 0.5) is 0 Å². The third kappa shape index (κ3) is 4.20. The van der Waals surface area contributed by atoms with Crippen molar-refractivity contribution in [3.63, 3.8) is 0 Å². The molecule has 0 fully saturated rings. The van der Waals surface area contributed by atoms with Gasteiger partial charge in [-0.1, -0.05) is 17.7 Å². The van der Waals surface area contributed by atoms with E-state index in [1.54, 1.807) is 12.1 Å². The van der Waals surface area contributed by atoms with E-state index in [0.29, 0.717) is 16.3 Å². The van der Waals surface area contributed by atoms with Gasteiger partial charge in [-0.2, -0.15) is 0 Å². The lowest BCUT2D eigenvalue weighted by molar-refractivity contribution is -0.139. The molecule has 0 spiro atoms. The van der Waals surface area contributed by atoms with Crippen LogP contribution in [0, 0.1) is 6.92 Å². The zero-order valence-corrected chi connectivity index (χ0v) is 14.3. The molecule has 0 bridgehead atoms. The summed E-state index contributed by atoms with van der Waals surface area (Å²) in [6, 6.07) is 11.2. The van der Waals surface area contributed by atoms with E-state index in [1.807, 2.05) is 31.2 Å². The maximum atomic E-state index is 11.7. The Morgan fingerprint density at radius 1 is 1.25 bits per heavy atom. The Morgan fingerprint density at radius 3 is 2.88 bits per heavy atom. The van der Waals surface area contributed by atoms with Gasteiger partial charge < -0.3 is 13.6 Å². The number of hydrogen-bond acceptors (Lipinski definition) is 6. The Balaban J connectivity index is 1.57. The number of rotatable bonds is 5. The maximum Gasteiger partial charge on any atom is 0.331 e. The summed E-state index contributed by atoms with van der Waals surface area (Å²) in [4.78, 5) is 11.7. The van der Waals surface area contributed by atoms with Gasteiger partial charge in [0, 0.05) is 11.6 Å². The van der Waals surface area contributed by atoms with E-state index in [0.717, 1.165) is 11.1 Å². The van der Waals surface area contributed by atoms with E-state index in [9.17, 15) is 4.79 Å². The number of nitrogens with zero attached hydrogens (tertiary/aromatic N) is 2. The van der Waals surface area contributed by atoms with Gasteiger partial charge in [-0.25, -0.2) is 4.79 Å². The lowest BCUT2D eigenvalue weighted by Crippen LogP contribution is -2.00. The number of aromatic nitrogens is 2. The van der Waals surface area contributed by atoms with Crippen LogP contribution in [0.5, 0.6) is 0 Å². The van der Waals surface area contributed by atoms with Gasteiger partial charge in [0.1, 0.15) is 5.76 Å². The number of aryl methyl sites for hydroxylation is 1. The highest BCUT2D eigenvalue weighted by molar-refractivity contribution is 9.10. The van der Waals surface area contributed by atoms with E-state index in [-0.39, 0.29) is 12.5 Å². The molecule has 0 aliphatic heterocycles. The summed E-state index contributed by atoms with van der Waals surface area (Å²) in [5.74, 6) is 0.630. The van der Waals surface area contributed by atoms with Gasteiger partial charge in [-0.05, 0) is 53.2 Å². The van der Waals surface area contributed by atoms with Crippen LogP contribution in [0.2, 0.25) is 0 Å². The molecule has 2 aromatic heterocycles. The summed E-state index contributed by atoms with van der Waals surface area (Å²) >= 11 is 3.18. The SMILES string of the molecule is Cc1cccc(-c2nnc(COC(=O)/C=C/c3ccc(Br)o3)o2)c1. The van der Waals surface area contributed by atoms with E-state index < -0.39 is 5.97 Å². The Kier molecular flexibility index (Phi) is 4.90. The summed E-state index contributed by atoms with van der Waals surface area (Å²) in [6.07, 6.45) is 2.78. The molecule has 0 amide bonds. The van der Waals surface area contributed by atoms with Gasteiger partial charge in [0.2, 0.25) is 5.89 Å². The van der Waals surface area contributed by atoms with Crippen LogP contribution in [-0.2, 0) is 16.1 Å². The van der Waals surface area contributed by atoms with E-state index >= 15 is 0 Å². The molecular weight excluding hydrogens is 376 g/mol. The van der Waals surface area contributed by atoms with Crippen LogP contribution in [-0.4, -0.2) is 16.2 Å². The van der Waals surface area contributed by atoms with Gasteiger partial charge in [-0.3, -0.25) is 0 Å². The number of carbonyl (C=O) groups is 1. The average molecular weight is 389 g/mol. The minimum Gasteiger partial charge on any atom is -0.452 e. The number of benzene rings is 1. The van der Waals surface area contributed by atoms with Crippen molar-refractivity contribution in [3.8, 4) is 11.5 Å². The molecule has 0 aliphatic rings. The molecule has 7 heteroatoms. The molecule has 0 atom stereocenters. The van der Waals surface area contributed by atoms with Crippen molar-refractivity contribution >= 4 is 28.0 Å². The van der Waals surface area contributed by atoms with Crippen molar-refractivity contribution in [1.82, 2.24) is 10.2 Å². The zero-order chi connectivity index (χ0) is 16.9. The van der Waals surface area contributed by atoms with Crippen molar-refractivity contribution in [2.45, 2.75) is 13.5 Å². The van der Waals surface area contributed by atoms with Crippen molar-refractivity contribution in [2.75, 3.05) is 0 Å². The van der Waals surface area contributed by atoms with Crippen LogP contribution in [0.3, 0.4) is 0 Å². The first-order valence-corrected chi connectivity index (χ1v) is 7.89. The van der Waals surface area contributed by atoms with Gasteiger partial charge in [0.05, 0.1) is 0 Å². The topological polar surface area (TPSA) is 78.4 Å². The molecule has 24 heavy (non-hydrogen) atoms. The number of carbonyl (C=O) groups excluding carboxylic acids is 1. The average Bonchev–Trinajstić information content (AvgIpc) is 3.20. The molecular formula is C17H13BrN2O4. The van der Waals surface area contributed by atoms with Crippen LogP contribution in [0.15, 0.2) is 56.0 Å². The summed E-state index contributed by atoms with van der Waals surface area (Å²) in [5.41, 5.74) is 1.91. The van der Waals surface area contributed by atoms with Crippen LogP contribution in [0.1, 0.15) is 17.2 Å². The van der Waals surface area contributed by atoms with Crippen LogP contribution < -0.4 is 0 Å². The molecule has 0 aliphatic carbocycles. The maximum absolute atomic E-state index is 11.7. The van der Waals surface area contributed by atoms with Crippen LogP contribution in [0.25, 0.3) is 17.5 Å². The normalized spacial score (nSPS) is 11.1. The molecule has 2 heterocycles. The third-order valence-electron chi connectivity index (χ3n) is 3.05. The Labute approximate surface area is 146 Å². The number of halogens is 1. The smallest absolute Gasteiger partial charge is 0.331 e. The van der Waals surface area contributed by atoms with Gasteiger partial charge in [-0.15, -0.1) is 10.2 Å². The fourth-order valence-corrected chi connectivity index (χ4v) is 2.27. The largest absolute Gasteiger partial charge is 0.452 e. The molecule has 3 aromatic rings. The van der Waals surface area contributed by atoms with Gasteiger partial charge >= 0.3 is 5.97 Å². The number of hydrogen-bond donors (Lipinski definition) is 0. The molecule has 0 saturated carbocycles. The minimum absolute atomic E-state index is 0.0934. The molecule has 1 aromatic carbocycles. The highest BCUT2D eigenvalue weighted by atomic mass is 79.9. The highest BCUT2D eigenvalue weighted by Gasteiger charge is 2.10. The second kappa shape index (κ2) is 7.27. The second-order valence-corrected chi connectivity index (χ2v) is 5.73. The van der Waals surface area contributed by atoms with E-state index in [4.69, 9.17) is 13.6 Å². The monoisotopic (exact) mass is 388 g/mol. The van der Waals surface area contributed by atoms with Crippen molar-refractivity contribution in [3.05, 3.63) is 64.4 Å². The predicted molar refractivity (Wildman–Crippen MR) is 89.7 cm³/mol. The quantitative estimate of drug-likeness (QED) is 0.482. The zero-order valence-electron chi connectivity index (χ0n) is 12.7. The molecule has 0 N–H and O–H groups in total. The standard InChI is InChI=1S/C17H13BrN2O4/c1-11-3-2-4-12(9-11)17-20-19-15(24-17)10-22-16(21)8-6-13-5-7-14(18)23-13/h2-9H,10H2,1H3/b8-6+. The fraction of sp³-hybridized carbons (Fsp3) is 0.118. The van der Waals surface area contributed by atoms with Gasteiger partial charge in [0.25, 0.3) is 5.89 Å². The Morgan fingerprint density at radius 2 is 2.12 bits per heavy atom. The molecule has 122 valence electrons. The van der Waals surface area contributed by atoms with E-state index in [1.165, 1.54) is 12.2 Å². The number of ether oxygens (including phenoxy) is 1. The lowest BCUT2D eigenvalue weighted by atomic mass is 10.1. The first-order chi connectivity index (χ1) is 11.6. The van der Waals surface area contributed by atoms with Crippen molar-refractivity contribution in [1.29, 1.82) is 0 Å². The summed E-state index contributed by atoms with van der Waals surface area (Å²) in [6.45, 7) is 1.89. The van der Waals surface area contributed by atoms with E-state index in [2.05, 4.69) is 26.1 Å². The van der Waals surface area contributed by atoms with Crippen molar-refractivity contribution < 1.29 is 18.4 Å². The second-order valence-electron chi connectivity index (χ2n) is 4.95. The summed E-state index contributed by atoms with van der Waals surface area (Å²) < 4.78 is 16.4. The summed E-state index contributed by atoms with van der Waals surface area (Å²) in [5, 5.41) is 7.83. The Hall–Kier alpha value is -2.67. The molecule has 3 rings (SSSR count). The summed E-state index contributed by atoms with van der Waals surface area (Å²) in [7, 11) is 0. The van der Waals surface area contributed by atoms with Crippen LogP contribution >= 0.6 is 15.9 Å². The molecule has 0 radical (unpaired) electrons. The third-order valence-corrected chi connectivity index (χ3v) is 3.47. The number of furan rings is 1. The molecule has 0 unspecified atom stereocenters. The molecule has 6 nitrogen and oxygen atoms in total.